The Labute approximate surface area is 163 Å². The maximum atomic E-state index is 12.0. The lowest BCUT2D eigenvalue weighted by Gasteiger charge is -2.11. The predicted molar refractivity (Wildman–Crippen MR) is 102 cm³/mol. The molecule has 1 aliphatic rings. The van der Waals surface area contributed by atoms with Crippen molar-refractivity contribution in [1.82, 2.24) is 4.72 Å². The normalized spacial score (nSPS) is 15.6. The first-order valence-corrected chi connectivity index (χ1v) is 9.96. The molecule has 0 aliphatic carbocycles. The van der Waals surface area contributed by atoms with Gasteiger partial charge in [-0.1, -0.05) is 12.1 Å². The molecule has 0 saturated heterocycles. The molecule has 0 amide bonds. The molecule has 1 N–H and O–H groups in total. The first-order valence-electron chi connectivity index (χ1n) is 8.48. The van der Waals surface area contributed by atoms with E-state index in [0.717, 1.165) is 0 Å². The summed E-state index contributed by atoms with van der Waals surface area (Å²) in [7, 11) is -0.509. The van der Waals surface area contributed by atoms with Crippen LogP contribution in [0.5, 0.6) is 11.5 Å². The summed E-state index contributed by atoms with van der Waals surface area (Å²) in [6.07, 6.45) is 0.0136. The molecule has 2 aromatic rings. The Kier molecular flexibility index (Phi) is 5.84. The Morgan fingerprint density at radius 3 is 2.64 bits per heavy atom. The fraction of sp³-hybridized carbons (Fsp3) is 0.263. The number of rotatable bonds is 7. The maximum Gasteiger partial charge on any atom is 0.308 e. The summed E-state index contributed by atoms with van der Waals surface area (Å²) in [4.78, 5) is 16.4. The van der Waals surface area contributed by atoms with Crippen LogP contribution in [0.4, 0.5) is 0 Å². The van der Waals surface area contributed by atoms with E-state index in [1.807, 2.05) is 0 Å². The van der Waals surface area contributed by atoms with E-state index in [-0.39, 0.29) is 30.3 Å². The van der Waals surface area contributed by atoms with Crippen LogP contribution in [0.1, 0.15) is 17.5 Å². The third kappa shape index (κ3) is 4.25. The van der Waals surface area contributed by atoms with E-state index >= 15 is 0 Å². The number of aliphatic imine (C=N–C) groups is 1. The molecule has 9 heteroatoms. The van der Waals surface area contributed by atoms with Crippen molar-refractivity contribution in [2.24, 2.45) is 4.99 Å². The van der Waals surface area contributed by atoms with Gasteiger partial charge in [-0.05, 0) is 30.3 Å². The second-order valence-corrected chi connectivity index (χ2v) is 7.57. The fourth-order valence-electron chi connectivity index (χ4n) is 2.74. The van der Waals surface area contributed by atoms with Crippen LogP contribution in [0.2, 0.25) is 0 Å². The molecule has 148 valence electrons. The summed E-state index contributed by atoms with van der Waals surface area (Å²) in [5, 5.41) is 0. The van der Waals surface area contributed by atoms with E-state index in [4.69, 9.17) is 14.2 Å². The van der Waals surface area contributed by atoms with Crippen LogP contribution >= 0.6 is 0 Å². The molecule has 1 heterocycles. The van der Waals surface area contributed by atoms with Crippen molar-refractivity contribution in [2.75, 3.05) is 20.8 Å². The molecule has 0 radical (unpaired) electrons. The highest BCUT2D eigenvalue weighted by Gasteiger charge is 2.29. The van der Waals surface area contributed by atoms with E-state index in [2.05, 4.69) is 9.71 Å². The van der Waals surface area contributed by atoms with Gasteiger partial charge in [0.1, 0.15) is 23.9 Å². The maximum absolute atomic E-state index is 12.0. The third-order valence-electron chi connectivity index (χ3n) is 4.12. The zero-order valence-electron chi connectivity index (χ0n) is 15.5. The molecule has 0 atom stereocenters. The molecule has 0 spiro atoms. The summed E-state index contributed by atoms with van der Waals surface area (Å²) in [5.74, 6) is 0.998. The van der Waals surface area contributed by atoms with Gasteiger partial charge in [0.15, 0.2) is 0 Å². The number of methoxy groups -OCH3 is 2. The minimum Gasteiger partial charge on any atom is -0.497 e. The van der Waals surface area contributed by atoms with Crippen molar-refractivity contribution in [3.8, 4) is 11.5 Å². The Balaban J connectivity index is 1.58. The number of nitrogens with one attached hydrogen (secondary N) is 1. The van der Waals surface area contributed by atoms with Gasteiger partial charge in [-0.25, -0.2) is 8.42 Å². The summed E-state index contributed by atoms with van der Waals surface area (Å²) in [6, 6.07) is 11.8. The topological polar surface area (TPSA) is 103 Å². The van der Waals surface area contributed by atoms with Crippen molar-refractivity contribution in [3.05, 3.63) is 53.6 Å². The Hall–Kier alpha value is -3.07. The smallest absolute Gasteiger partial charge is 0.308 e. The SMILES string of the molecule is COc1ccc(OC)c(COC(=O)CCN=C2NS(=O)(=O)c3ccccc32)c1. The van der Waals surface area contributed by atoms with Gasteiger partial charge < -0.3 is 14.2 Å². The van der Waals surface area contributed by atoms with Crippen molar-refractivity contribution in [2.45, 2.75) is 17.9 Å². The van der Waals surface area contributed by atoms with E-state index < -0.39 is 16.0 Å². The van der Waals surface area contributed by atoms with Gasteiger partial charge in [-0.3, -0.25) is 14.5 Å². The van der Waals surface area contributed by atoms with Crippen LogP contribution in [0, 0.1) is 0 Å². The van der Waals surface area contributed by atoms with Crippen LogP contribution in [-0.4, -0.2) is 41.0 Å². The van der Waals surface area contributed by atoms with Gasteiger partial charge in [0.05, 0.1) is 32.1 Å². The van der Waals surface area contributed by atoms with Gasteiger partial charge in [-0.2, -0.15) is 0 Å². The quantitative estimate of drug-likeness (QED) is 0.707. The second kappa shape index (κ2) is 8.30. The number of esters is 1. The zero-order valence-corrected chi connectivity index (χ0v) is 16.3. The predicted octanol–water partition coefficient (Wildman–Crippen LogP) is 1.88. The van der Waals surface area contributed by atoms with Crippen molar-refractivity contribution < 1.29 is 27.4 Å². The largest absolute Gasteiger partial charge is 0.497 e. The first-order chi connectivity index (χ1) is 13.4. The summed E-state index contributed by atoms with van der Waals surface area (Å²) in [5.41, 5.74) is 1.18. The summed E-state index contributed by atoms with van der Waals surface area (Å²) >= 11 is 0. The number of amidine groups is 1. The third-order valence-corrected chi connectivity index (χ3v) is 5.52. The Morgan fingerprint density at radius 2 is 1.89 bits per heavy atom. The van der Waals surface area contributed by atoms with E-state index in [1.165, 1.54) is 13.2 Å². The number of carbonyl (C=O) groups is 1. The monoisotopic (exact) mass is 404 g/mol. The van der Waals surface area contributed by atoms with Crippen LogP contribution in [0.3, 0.4) is 0 Å². The lowest BCUT2D eigenvalue weighted by atomic mass is 10.2. The molecule has 8 nitrogen and oxygen atoms in total. The summed E-state index contributed by atoms with van der Waals surface area (Å²) in [6.45, 7) is 0.130. The molecular formula is C19H20N2O6S. The highest BCUT2D eigenvalue weighted by atomic mass is 32.2. The van der Waals surface area contributed by atoms with Gasteiger partial charge >= 0.3 is 5.97 Å². The van der Waals surface area contributed by atoms with E-state index in [0.29, 0.717) is 22.6 Å². The number of hydrogen-bond donors (Lipinski definition) is 1. The second-order valence-electron chi connectivity index (χ2n) is 5.92. The minimum atomic E-state index is -3.59. The molecule has 0 fully saturated rings. The van der Waals surface area contributed by atoms with Crippen molar-refractivity contribution >= 4 is 21.8 Å². The highest BCUT2D eigenvalue weighted by molar-refractivity contribution is 7.90. The average molecular weight is 404 g/mol. The summed E-state index contributed by atoms with van der Waals surface area (Å²) < 4.78 is 42.1. The molecular weight excluding hydrogens is 384 g/mol. The molecule has 0 bridgehead atoms. The Bertz CT molecular complexity index is 1020. The van der Waals surface area contributed by atoms with Gasteiger partial charge in [0, 0.05) is 11.1 Å². The van der Waals surface area contributed by atoms with Crippen molar-refractivity contribution in [1.29, 1.82) is 0 Å². The Morgan fingerprint density at radius 1 is 1.11 bits per heavy atom. The minimum absolute atomic E-state index is 0.0136. The lowest BCUT2D eigenvalue weighted by molar-refractivity contribution is -0.144. The molecule has 2 aromatic carbocycles. The number of benzene rings is 2. The van der Waals surface area contributed by atoms with Crippen LogP contribution < -0.4 is 14.2 Å². The number of sulfonamides is 1. The molecule has 0 saturated carbocycles. The fourth-order valence-corrected chi connectivity index (χ4v) is 3.99. The lowest BCUT2D eigenvalue weighted by Crippen LogP contribution is -2.22. The van der Waals surface area contributed by atoms with E-state index in [9.17, 15) is 13.2 Å². The van der Waals surface area contributed by atoms with Crippen molar-refractivity contribution in [3.63, 3.8) is 0 Å². The van der Waals surface area contributed by atoms with Gasteiger partial charge in [0.25, 0.3) is 10.0 Å². The number of nitrogens with zero attached hydrogens (tertiary/aromatic N) is 1. The zero-order chi connectivity index (χ0) is 20.1. The number of fused-ring (bicyclic) bond motifs is 1. The molecule has 28 heavy (non-hydrogen) atoms. The van der Waals surface area contributed by atoms with E-state index in [1.54, 1.807) is 43.5 Å². The van der Waals surface area contributed by atoms with Gasteiger partial charge in [0.2, 0.25) is 0 Å². The first kappa shape index (κ1) is 19.7. The van der Waals surface area contributed by atoms with Crippen LogP contribution in [0.15, 0.2) is 52.4 Å². The molecule has 0 unspecified atom stereocenters. The average Bonchev–Trinajstić information content (AvgIpc) is 2.96. The van der Waals surface area contributed by atoms with Crippen LogP contribution in [0.25, 0.3) is 0 Å². The number of ether oxygens (including phenoxy) is 3. The van der Waals surface area contributed by atoms with Gasteiger partial charge in [-0.15, -0.1) is 0 Å². The molecule has 0 aromatic heterocycles. The van der Waals surface area contributed by atoms with Crippen LogP contribution in [-0.2, 0) is 26.2 Å². The molecule has 1 aliphatic heterocycles. The number of carbonyl (C=O) groups excluding carboxylic acids is 1. The highest BCUT2D eigenvalue weighted by Crippen LogP contribution is 2.25. The number of hydrogen-bond acceptors (Lipinski definition) is 7. The standard InChI is InChI=1S/C19H20N2O6S/c1-25-14-7-8-16(26-2)13(11-14)12-27-18(22)9-10-20-19-15-5-3-4-6-17(15)28(23,24)21-19/h3-8,11H,9-10,12H2,1-2H3,(H,20,21). The molecule has 3 rings (SSSR count).